The topological polar surface area (TPSA) is 66.5 Å². The van der Waals surface area contributed by atoms with Gasteiger partial charge < -0.3 is 5.32 Å². The van der Waals surface area contributed by atoms with Gasteiger partial charge in [0.1, 0.15) is 5.82 Å². The molecular formula is C23H31FN2O3S. The summed E-state index contributed by atoms with van der Waals surface area (Å²) in [7, 11) is -3.66. The van der Waals surface area contributed by atoms with Crippen LogP contribution in [0, 0.1) is 5.82 Å². The predicted octanol–water partition coefficient (Wildman–Crippen LogP) is 4.55. The van der Waals surface area contributed by atoms with Crippen LogP contribution in [-0.4, -0.2) is 27.1 Å². The van der Waals surface area contributed by atoms with Gasteiger partial charge in [0.15, 0.2) is 0 Å². The Hall–Kier alpha value is -2.41. The van der Waals surface area contributed by atoms with Crippen molar-refractivity contribution in [3.8, 4) is 0 Å². The summed E-state index contributed by atoms with van der Waals surface area (Å²) in [4.78, 5) is 12.3. The highest BCUT2D eigenvalue weighted by Gasteiger charge is 2.21. The zero-order valence-electron chi connectivity index (χ0n) is 18.3. The molecule has 0 aromatic heterocycles. The van der Waals surface area contributed by atoms with Gasteiger partial charge in [0.2, 0.25) is 15.9 Å². The Kier molecular flexibility index (Phi) is 7.64. The molecule has 0 aliphatic carbocycles. The number of hydrogen-bond donors (Lipinski definition) is 1. The number of sulfonamides is 1. The Morgan fingerprint density at radius 2 is 1.70 bits per heavy atom. The van der Waals surface area contributed by atoms with Crippen LogP contribution in [0.25, 0.3) is 0 Å². The van der Waals surface area contributed by atoms with E-state index in [9.17, 15) is 17.6 Å². The molecule has 1 amide bonds. The summed E-state index contributed by atoms with van der Waals surface area (Å²) in [5.74, 6) is -0.788. The lowest BCUT2D eigenvalue weighted by molar-refractivity contribution is -0.121. The van der Waals surface area contributed by atoms with Crippen LogP contribution in [0.15, 0.2) is 48.5 Å². The number of nitrogens with one attached hydrogen (secondary N) is 1. The summed E-state index contributed by atoms with van der Waals surface area (Å²) in [6, 6.07) is 13.7. The second kappa shape index (κ2) is 9.60. The summed E-state index contributed by atoms with van der Waals surface area (Å²) >= 11 is 0. The molecule has 0 aliphatic heterocycles. The Bertz CT molecular complexity index is 967. The highest BCUT2D eigenvalue weighted by Crippen LogP contribution is 2.24. The van der Waals surface area contributed by atoms with Crippen LogP contribution in [0.1, 0.15) is 57.7 Å². The van der Waals surface area contributed by atoms with Gasteiger partial charge >= 0.3 is 0 Å². The number of rotatable bonds is 8. The quantitative estimate of drug-likeness (QED) is 0.663. The zero-order valence-corrected chi connectivity index (χ0v) is 19.1. The van der Waals surface area contributed by atoms with Crippen LogP contribution in [0.3, 0.4) is 0 Å². The number of anilines is 1. The van der Waals surface area contributed by atoms with E-state index in [0.717, 1.165) is 16.1 Å². The smallest absolute Gasteiger partial charge is 0.232 e. The average Bonchev–Trinajstić information content (AvgIpc) is 2.64. The lowest BCUT2D eigenvalue weighted by atomic mass is 9.86. The Labute approximate surface area is 179 Å². The van der Waals surface area contributed by atoms with E-state index in [1.807, 2.05) is 19.1 Å². The minimum absolute atomic E-state index is 0.00675. The first kappa shape index (κ1) is 23.9. The van der Waals surface area contributed by atoms with E-state index < -0.39 is 15.8 Å². The van der Waals surface area contributed by atoms with E-state index in [2.05, 4.69) is 38.2 Å². The van der Waals surface area contributed by atoms with Crippen LogP contribution in [0.2, 0.25) is 0 Å². The van der Waals surface area contributed by atoms with Gasteiger partial charge in [-0.25, -0.2) is 12.8 Å². The SMILES string of the molecule is CC(NC(=O)CCCN(c1ccccc1F)S(C)(=O)=O)c1ccc(C(C)(C)C)cc1. The summed E-state index contributed by atoms with van der Waals surface area (Å²) in [6.45, 7) is 8.38. The molecule has 2 aromatic rings. The molecule has 0 saturated heterocycles. The van der Waals surface area contributed by atoms with Gasteiger partial charge in [-0.15, -0.1) is 0 Å². The molecule has 1 atom stereocenters. The van der Waals surface area contributed by atoms with Gasteiger partial charge in [-0.3, -0.25) is 9.10 Å². The number of carbonyl (C=O) groups is 1. The van der Waals surface area contributed by atoms with E-state index in [1.54, 1.807) is 6.07 Å². The molecule has 0 saturated carbocycles. The van der Waals surface area contributed by atoms with E-state index in [-0.39, 0.29) is 42.4 Å². The number of benzene rings is 2. The van der Waals surface area contributed by atoms with Crippen LogP contribution >= 0.6 is 0 Å². The maximum Gasteiger partial charge on any atom is 0.232 e. The molecule has 2 rings (SSSR count). The van der Waals surface area contributed by atoms with Gasteiger partial charge in [-0.2, -0.15) is 0 Å². The molecule has 1 N–H and O–H groups in total. The molecule has 0 aliphatic rings. The first-order chi connectivity index (χ1) is 13.9. The van der Waals surface area contributed by atoms with Crippen molar-refractivity contribution in [2.75, 3.05) is 17.1 Å². The van der Waals surface area contributed by atoms with Crippen molar-refractivity contribution in [1.29, 1.82) is 0 Å². The number of para-hydroxylation sites is 1. The second-order valence-electron chi connectivity index (χ2n) is 8.55. The Morgan fingerprint density at radius 1 is 1.10 bits per heavy atom. The number of amides is 1. The van der Waals surface area contributed by atoms with Crippen molar-refractivity contribution in [3.63, 3.8) is 0 Å². The molecule has 0 radical (unpaired) electrons. The molecule has 0 fully saturated rings. The maximum absolute atomic E-state index is 14.0. The Morgan fingerprint density at radius 3 is 2.23 bits per heavy atom. The minimum Gasteiger partial charge on any atom is -0.350 e. The third-order valence-corrected chi connectivity index (χ3v) is 6.12. The van der Waals surface area contributed by atoms with E-state index in [0.29, 0.717) is 0 Å². The van der Waals surface area contributed by atoms with Gasteiger partial charge in [-0.05, 0) is 42.0 Å². The van der Waals surface area contributed by atoms with Gasteiger partial charge in [0.05, 0.1) is 18.0 Å². The second-order valence-corrected chi connectivity index (χ2v) is 10.5. The molecule has 0 heterocycles. The molecule has 2 aromatic carbocycles. The first-order valence-electron chi connectivity index (χ1n) is 10.0. The Balaban J connectivity index is 1.94. The molecule has 30 heavy (non-hydrogen) atoms. The summed E-state index contributed by atoms with van der Waals surface area (Å²) in [5.41, 5.74) is 2.28. The fourth-order valence-electron chi connectivity index (χ4n) is 3.17. The fraction of sp³-hybridized carbons (Fsp3) is 0.435. The van der Waals surface area contributed by atoms with Crippen LogP contribution in [0.5, 0.6) is 0 Å². The lowest BCUT2D eigenvalue weighted by Gasteiger charge is -2.23. The number of hydrogen-bond acceptors (Lipinski definition) is 3. The molecule has 1 unspecified atom stereocenters. The molecule has 0 bridgehead atoms. The molecule has 5 nitrogen and oxygen atoms in total. The van der Waals surface area contributed by atoms with Crippen molar-refractivity contribution in [2.24, 2.45) is 0 Å². The van der Waals surface area contributed by atoms with E-state index in [1.165, 1.54) is 23.8 Å². The summed E-state index contributed by atoms with van der Waals surface area (Å²) in [5, 5.41) is 2.94. The molecule has 0 spiro atoms. The van der Waals surface area contributed by atoms with Crippen molar-refractivity contribution >= 4 is 21.6 Å². The zero-order chi connectivity index (χ0) is 22.5. The van der Waals surface area contributed by atoms with Gasteiger partial charge in [-0.1, -0.05) is 57.2 Å². The monoisotopic (exact) mass is 434 g/mol. The van der Waals surface area contributed by atoms with Gasteiger partial charge in [0, 0.05) is 13.0 Å². The number of halogens is 1. The molecule has 7 heteroatoms. The highest BCUT2D eigenvalue weighted by molar-refractivity contribution is 7.92. The fourth-order valence-corrected chi connectivity index (χ4v) is 4.14. The van der Waals surface area contributed by atoms with Crippen LogP contribution in [0.4, 0.5) is 10.1 Å². The van der Waals surface area contributed by atoms with E-state index in [4.69, 9.17) is 0 Å². The predicted molar refractivity (Wildman–Crippen MR) is 120 cm³/mol. The van der Waals surface area contributed by atoms with Crippen molar-refractivity contribution in [1.82, 2.24) is 5.32 Å². The highest BCUT2D eigenvalue weighted by atomic mass is 32.2. The van der Waals surface area contributed by atoms with Crippen molar-refractivity contribution in [3.05, 3.63) is 65.5 Å². The first-order valence-corrected chi connectivity index (χ1v) is 11.9. The third-order valence-electron chi connectivity index (χ3n) is 4.94. The normalized spacial score (nSPS) is 13.0. The van der Waals surface area contributed by atoms with Crippen molar-refractivity contribution < 1.29 is 17.6 Å². The summed E-state index contributed by atoms with van der Waals surface area (Å²) in [6.07, 6.45) is 1.46. The van der Waals surface area contributed by atoms with Crippen LogP contribution < -0.4 is 9.62 Å². The largest absolute Gasteiger partial charge is 0.350 e. The van der Waals surface area contributed by atoms with E-state index >= 15 is 0 Å². The van der Waals surface area contributed by atoms with Crippen molar-refractivity contribution in [2.45, 2.75) is 52.0 Å². The lowest BCUT2D eigenvalue weighted by Crippen LogP contribution is -2.33. The molecular weight excluding hydrogens is 403 g/mol. The average molecular weight is 435 g/mol. The standard InChI is InChI=1S/C23H31FN2O3S/c1-17(18-12-14-19(15-13-18)23(2,3)4)25-22(27)11-8-16-26(30(5,28)29)21-10-7-6-9-20(21)24/h6-7,9-10,12-15,17H,8,11,16H2,1-5H3,(H,25,27). The van der Waals surface area contributed by atoms with Gasteiger partial charge in [0.25, 0.3) is 0 Å². The third kappa shape index (κ3) is 6.55. The number of nitrogens with zero attached hydrogens (tertiary/aromatic N) is 1. The molecule has 164 valence electrons. The number of carbonyl (C=O) groups excluding carboxylic acids is 1. The minimum atomic E-state index is -3.66. The maximum atomic E-state index is 14.0. The summed E-state index contributed by atoms with van der Waals surface area (Å²) < 4.78 is 39.2. The van der Waals surface area contributed by atoms with Crippen LogP contribution in [-0.2, 0) is 20.2 Å².